The van der Waals surface area contributed by atoms with Gasteiger partial charge in [0, 0.05) is 29.2 Å². The van der Waals surface area contributed by atoms with E-state index in [1.807, 2.05) is 37.3 Å². The quantitative estimate of drug-likeness (QED) is 0.930. The third kappa shape index (κ3) is 5.10. The van der Waals surface area contributed by atoms with Crippen molar-refractivity contribution in [3.05, 3.63) is 58.1 Å². The summed E-state index contributed by atoms with van der Waals surface area (Å²) < 4.78 is 0. The molecule has 0 bridgehead atoms. The van der Waals surface area contributed by atoms with E-state index in [1.54, 1.807) is 0 Å². The van der Waals surface area contributed by atoms with Gasteiger partial charge in [0.05, 0.1) is 5.69 Å². The van der Waals surface area contributed by atoms with Crippen LogP contribution in [0.15, 0.2) is 30.3 Å². The van der Waals surface area contributed by atoms with Gasteiger partial charge in [0.15, 0.2) is 0 Å². The number of aromatic nitrogens is 2. The van der Waals surface area contributed by atoms with Gasteiger partial charge < -0.3 is 5.32 Å². The number of hydrogen-bond acceptors (Lipinski definition) is 3. The number of hydrogen-bond donors (Lipinski definition) is 1. The Morgan fingerprint density at radius 1 is 1.14 bits per heavy atom. The van der Waals surface area contributed by atoms with Crippen molar-refractivity contribution in [2.45, 2.75) is 46.2 Å². The summed E-state index contributed by atoms with van der Waals surface area (Å²) in [5.74, 6) is 0.814. The fraction of sp³-hybridized carbons (Fsp3) is 0.412. The van der Waals surface area contributed by atoms with E-state index in [0.717, 1.165) is 34.3 Å². The highest BCUT2D eigenvalue weighted by Gasteiger charge is 2.11. The Balaban J connectivity index is 2.17. The summed E-state index contributed by atoms with van der Waals surface area (Å²) in [6.07, 6.45) is 0.657. The Hall–Kier alpha value is -1.45. The molecule has 1 N–H and O–H groups in total. The van der Waals surface area contributed by atoms with Crippen LogP contribution < -0.4 is 5.32 Å². The molecule has 0 aliphatic heterocycles. The molecule has 1 heterocycles. The molecule has 0 amide bonds. The van der Waals surface area contributed by atoms with Gasteiger partial charge in [-0.3, -0.25) is 0 Å². The Kier molecular flexibility index (Phi) is 4.96. The highest BCUT2D eigenvalue weighted by Crippen LogP contribution is 2.17. The number of halogens is 1. The molecule has 0 radical (unpaired) electrons. The van der Waals surface area contributed by atoms with Crippen LogP contribution in [0.3, 0.4) is 0 Å². The zero-order valence-electron chi connectivity index (χ0n) is 13.1. The number of nitrogens with one attached hydrogen (secondary N) is 1. The molecule has 0 fully saturated rings. The van der Waals surface area contributed by atoms with Gasteiger partial charge in [-0.15, -0.1) is 0 Å². The zero-order chi connectivity index (χ0) is 15.5. The number of benzene rings is 1. The second-order valence-electron chi connectivity index (χ2n) is 6.29. The molecule has 0 saturated carbocycles. The van der Waals surface area contributed by atoms with Crippen molar-refractivity contribution in [3.63, 3.8) is 0 Å². The van der Waals surface area contributed by atoms with Crippen molar-refractivity contribution >= 4 is 11.6 Å². The van der Waals surface area contributed by atoms with Gasteiger partial charge >= 0.3 is 0 Å². The van der Waals surface area contributed by atoms with Crippen LogP contribution in [0.4, 0.5) is 0 Å². The first-order valence-electron chi connectivity index (χ1n) is 7.15. The van der Waals surface area contributed by atoms with Crippen LogP contribution >= 0.6 is 11.6 Å². The van der Waals surface area contributed by atoms with Crippen molar-refractivity contribution in [1.29, 1.82) is 0 Å². The maximum atomic E-state index is 6.21. The molecule has 0 unspecified atom stereocenters. The normalized spacial score (nSPS) is 11.7. The van der Waals surface area contributed by atoms with Gasteiger partial charge in [0.1, 0.15) is 5.82 Å². The fourth-order valence-corrected chi connectivity index (χ4v) is 2.24. The first kappa shape index (κ1) is 15.9. The third-order valence-corrected chi connectivity index (χ3v) is 3.43. The van der Waals surface area contributed by atoms with Gasteiger partial charge in [0.2, 0.25) is 0 Å². The van der Waals surface area contributed by atoms with Crippen LogP contribution in [-0.4, -0.2) is 15.5 Å². The molecule has 112 valence electrons. The molecular weight excluding hydrogens is 282 g/mol. The van der Waals surface area contributed by atoms with Crippen molar-refractivity contribution in [2.75, 3.05) is 0 Å². The molecule has 0 saturated heterocycles. The van der Waals surface area contributed by atoms with Crippen LogP contribution in [0.1, 0.15) is 43.5 Å². The standard InChI is InChI=1S/C17H22ClN3/c1-12-9-14(11-19-17(2,3)4)21-16(20-12)10-13-7-5-6-8-15(13)18/h5-9,19H,10-11H2,1-4H3. The van der Waals surface area contributed by atoms with Crippen molar-refractivity contribution < 1.29 is 0 Å². The van der Waals surface area contributed by atoms with Gasteiger partial charge in [-0.05, 0) is 45.4 Å². The van der Waals surface area contributed by atoms with E-state index >= 15 is 0 Å². The predicted molar refractivity (Wildman–Crippen MR) is 87.6 cm³/mol. The van der Waals surface area contributed by atoms with Crippen molar-refractivity contribution in [2.24, 2.45) is 0 Å². The maximum absolute atomic E-state index is 6.21. The molecule has 0 atom stereocenters. The van der Waals surface area contributed by atoms with Gasteiger partial charge in [-0.1, -0.05) is 29.8 Å². The minimum Gasteiger partial charge on any atom is -0.306 e. The highest BCUT2D eigenvalue weighted by atomic mass is 35.5. The number of rotatable bonds is 4. The van der Waals surface area contributed by atoms with Crippen LogP contribution in [0.2, 0.25) is 5.02 Å². The summed E-state index contributed by atoms with van der Waals surface area (Å²) in [6.45, 7) is 9.17. The van der Waals surface area contributed by atoms with Crippen molar-refractivity contribution in [1.82, 2.24) is 15.3 Å². The Morgan fingerprint density at radius 3 is 2.52 bits per heavy atom. The lowest BCUT2D eigenvalue weighted by molar-refractivity contribution is 0.420. The summed E-state index contributed by atoms with van der Waals surface area (Å²) in [4.78, 5) is 9.16. The van der Waals surface area contributed by atoms with E-state index < -0.39 is 0 Å². The van der Waals surface area contributed by atoms with Gasteiger partial charge in [0.25, 0.3) is 0 Å². The Labute approximate surface area is 131 Å². The topological polar surface area (TPSA) is 37.8 Å². The largest absolute Gasteiger partial charge is 0.306 e. The molecule has 2 aromatic rings. The molecule has 4 heteroatoms. The van der Waals surface area contributed by atoms with Crippen molar-refractivity contribution in [3.8, 4) is 0 Å². The van der Waals surface area contributed by atoms with E-state index in [2.05, 4.69) is 36.1 Å². The molecule has 2 rings (SSSR count). The number of nitrogens with zero attached hydrogens (tertiary/aromatic N) is 2. The van der Waals surface area contributed by atoms with Gasteiger partial charge in [-0.2, -0.15) is 0 Å². The summed E-state index contributed by atoms with van der Waals surface area (Å²) >= 11 is 6.21. The van der Waals surface area contributed by atoms with Crippen LogP contribution in [-0.2, 0) is 13.0 Å². The second kappa shape index (κ2) is 6.54. The van der Waals surface area contributed by atoms with Crippen LogP contribution in [0.25, 0.3) is 0 Å². The molecule has 0 spiro atoms. The molecular formula is C17H22ClN3. The summed E-state index contributed by atoms with van der Waals surface area (Å²) in [5, 5.41) is 4.21. The summed E-state index contributed by atoms with van der Waals surface area (Å²) in [5.41, 5.74) is 3.12. The van der Waals surface area contributed by atoms with Crippen LogP contribution in [0, 0.1) is 6.92 Å². The van der Waals surface area contributed by atoms with E-state index in [1.165, 1.54) is 0 Å². The first-order chi connectivity index (χ1) is 9.83. The van der Waals surface area contributed by atoms with E-state index in [0.29, 0.717) is 6.42 Å². The summed E-state index contributed by atoms with van der Waals surface area (Å²) in [7, 11) is 0. The average Bonchev–Trinajstić information content (AvgIpc) is 2.38. The Morgan fingerprint density at radius 2 is 1.86 bits per heavy atom. The van der Waals surface area contributed by atoms with Gasteiger partial charge in [-0.25, -0.2) is 9.97 Å². The fourth-order valence-electron chi connectivity index (χ4n) is 2.04. The molecule has 21 heavy (non-hydrogen) atoms. The minimum atomic E-state index is 0.0712. The predicted octanol–water partition coefficient (Wildman–Crippen LogP) is 3.92. The second-order valence-corrected chi connectivity index (χ2v) is 6.70. The maximum Gasteiger partial charge on any atom is 0.133 e. The lowest BCUT2D eigenvalue weighted by atomic mass is 10.1. The molecule has 0 aliphatic carbocycles. The first-order valence-corrected chi connectivity index (χ1v) is 7.53. The summed E-state index contributed by atoms with van der Waals surface area (Å²) in [6, 6.07) is 9.85. The monoisotopic (exact) mass is 303 g/mol. The van der Waals surface area contributed by atoms with E-state index in [4.69, 9.17) is 11.6 Å². The van der Waals surface area contributed by atoms with E-state index in [9.17, 15) is 0 Å². The molecule has 1 aromatic heterocycles. The molecule has 0 aliphatic rings. The number of aryl methyl sites for hydroxylation is 1. The lowest BCUT2D eigenvalue weighted by Gasteiger charge is -2.20. The molecule has 1 aromatic carbocycles. The average molecular weight is 304 g/mol. The minimum absolute atomic E-state index is 0.0712. The molecule has 3 nitrogen and oxygen atoms in total. The van der Waals surface area contributed by atoms with Crippen LogP contribution in [0.5, 0.6) is 0 Å². The Bertz CT molecular complexity index is 618. The zero-order valence-corrected chi connectivity index (χ0v) is 13.8. The third-order valence-electron chi connectivity index (χ3n) is 3.06. The SMILES string of the molecule is Cc1cc(CNC(C)(C)C)nc(Cc2ccccc2Cl)n1. The smallest absolute Gasteiger partial charge is 0.133 e. The highest BCUT2D eigenvalue weighted by molar-refractivity contribution is 6.31. The lowest BCUT2D eigenvalue weighted by Crippen LogP contribution is -2.35. The van der Waals surface area contributed by atoms with E-state index in [-0.39, 0.29) is 5.54 Å².